The summed E-state index contributed by atoms with van der Waals surface area (Å²) in [6, 6.07) is 24.1. The van der Waals surface area contributed by atoms with Crippen molar-refractivity contribution in [1.82, 2.24) is 14.7 Å². The molecule has 198 valence electrons. The molecule has 0 unspecified atom stereocenters. The van der Waals surface area contributed by atoms with Crippen molar-refractivity contribution < 1.29 is 14.3 Å². The van der Waals surface area contributed by atoms with Gasteiger partial charge in [0.25, 0.3) is 11.8 Å². The molecule has 0 saturated heterocycles. The van der Waals surface area contributed by atoms with Gasteiger partial charge < -0.3 is 4.74 Å². The first-order valence-electron chi connectivity index (χ1n) is 12.2. The van der Waals surface area contributed by atoms with Crippen molar-refractivity contribution in [2.45, 2.75) is 13.5 Å². The molecule has 0 N–H and O–H groups in total. The Labute approximate surface area is 244 Å². The number of amides is 2. The lowest BCUT2D eigenvalue weighted by molar-refractivity contribution is -0.141. The maximum atomic E-state index is 13.8. The van der Waals surface area contributed by atoms with Gasteiger partial charge in [-0.2, -0.15) is 10.4 Å². The van der Waals surface area contributed by atoms with Crippen LogP contribution in [0.25, 0.3) is 23.0 Å². The zero-order valence-electron chi connectivity index (χ0n) is 21.6. The molecule has 9 heteroatoms. The van der Waals surface area contributed by atoms with E-state index in [1.807, 2.05) is 60.8 Å². The van der Waals surface area contributed by atoms with Crippen molar-refractivity contribution in [2.75, 3.05) is 7.11 Å². The van der Waals surface area contributed by atoms with Crippen LogP contribution in [0.3, 0.4) is 0 Å². The van der Waals surface area contributed by atoms with Crippen molar-refractivity contribution in [3.63, 3.8) is 0 Å². The summed E-state index contributed by atoms with van der Waals surface area (Å²) in [7, 11) is 1.59. The number of para-hydroxylation sites is 1. The van der Waals surface area contributed by atoms with E-state index in [0.717, 1.165) is 20.6 Å². The molecule has 0 aliphatic carbocycles. The Morgan fingerprint density at radius 2 is 1.77 bits per heavy atom. The van der Waals surface area contributed by atoms with Crippen LogP contribution in [-0.2, 0) is 16.1 Å². The third-order valence-electron chi connectivity index (χ3n) is 6.60. The van der Waals surface area contributed by atoms with Gasteiger partial charge in [-0.25, -0.2) is 4.68 Å². The van der Waals surface area contributed by atoms with Gasteiger partial charge in [-0.15, -0.1) is 0 Å². The lowest BCUT2D eigenvalue weighted by Gasteiger charge is -2.27. The fraction of sp³-hybridized carbons (Fsp3) is 0.0968. The summed E-state index contributed by atoms with van der Waals surface area (Å²) in [5.41, 5.74) is 3.89. The van der Waals surface area contributed by atoms with Gasteiger partial charge in [-0.3, -0.25) is 14.5 Å². The summed E-state index contributed by atoms with van der Waals surface area (Å²) < 4.78 is 7.85. The molecule has 0 atom stereocenters. The summed E-state index contributed by atoms with van der Waals surface area (Å²) in [5, 5.41) is 15.1. The minimum atomic E-state index is -0.652. The van der Waals surface area contributed by atoms with Crippen LogP contribution >= 0.6 is 27.5 Å². The van der Waals surface area contributed by atoms with Gasteiger partial charge in [0.15, 0.2) is 0 Å². The Bertz CT molecular complexity index is 1750. The van der Waals surface area contributed by atoms with Crippen molar-refractivity contribution in [2.24, 2.45) is 0 Å². The number of methoxy groups -OCH3 is 1. The van der Waals surface area contributed by atoms with Crippen LogP contribution in [0.5, 0.6) is 5.75 Å². The Hall–Kier alpha value is -4.45. The monoisotopic (exact) mass is 612 g/mol. The molecule has 1 aliphatic heterocycles. The average Bonchev–Trinajstić information content (AvgIpc) is 3.39. The Morgan fingerprint density at radius 1 is 1.05 bits per heavy atom. The van der Waals surface area contributed by atoms with Gasteiger partial charge in [0.1, 0.15) is 23.1 Å². The van der Waals surface area contributed by atoms with Gasteiger partial charge in [0, 0.05) is 27.9 Å². The number of halogens is 2. The molecule has 40 heavy (non-hydrogen) atoms. The number of carbonyl (C=O) groups excluding carboxylic acids is 2. The normalized spacial score (nSPS) is 14.6. The minimum absolute atomic E-state index is 0.0608. The van der Waals surface area contributed by atoms with Gasteiger partial charge in [-0.1, -0.05) is 48.0 Å². The topological polar surface area (TPSA) is 88.2 Å². The van der Waals surface area contributed by atoms with Crippen LogP contribution in [0.4, 0.5) is 0 Å². The largest absolute Gasteiger partial charge is 0.496 e. The number of imide groups is 1. The van der Waals surface area contributed by atoms with E-state index < -0.39 is 11.8 Å². The lowest BCUT2D eigenvalue weighted by Crippen LogP contribution is -2.42. The standard InChI is InChI=1S/C31H22BrClN4O3/c1-19-24(30(38)36(31(39)25(19)16-34)17-21-8-6-7-11-27(21)33)14-22-18-37(23-9-4-3-5-10-23)35-29(22)20-12-13-28(40-2)26(32)15-20/h3-15,18H,17H2,1-2H3/b24-14+. The van der Waals surface area contributed by atoms with Crippen LogP contribution in [0.2, 0.25) is 5.02 Å². The number of hydrogen-bond donors (Lipinski definition) is 0. The quantitative estimate of drug-likeness (QED) is 0.177. The van der Waals surface area contributed by atoms with Crippen molar-refractivity contribution >= 4 is 45.4 Å². The third-order valence-corrected chi connectivity index (χ3v) is 7.59. The van der Waals surface area contributed by atoms with E-state index in [2.05, 4.69) is 15.9 Å². The van der Waals surface area contributed by atoms with Crippen molar-refractivity contribution in [1.29, 1.82) is 5.26 Å². The highest BCUT2D eigenvalue weighted by atomic mass is 79.9. The SMILES string of the molecule is COc1ccc(-c2nn(-c3ccccc3)cc2/C=C2/C(=O)N(Cc3ccccc3Cl)C(=O)C(C#N)=C2C)cc1Br. The maximum Gasteiger partial charge on any atom is 0.271 e. The van der Waals surface area contributed by atoms with Crippen molar-refractivity contribution in [3.05, 3.63) is 116 Å². The number of nitrogens with zero attached hydrogens (tertiary/aromatic N) is 4. The van der Waals surface area contributed by atoms with Crippen LogP contribution < -0.4 is 4.74 Å². The first kappa shape index (κ1) is 27.1. The molecule has 0 radical (unpaired) electrons. The molecule has 7 nitrogen and oxygen atoms in total. The summed E-state index contributed by atoms with van der Waals surface area (Å²) in [4.78, 5) is 28.0. The van der Waals surface area contributed by atoms with Crippen molar-refractivity contribution in [3.8, 4) is 28.8 Å². The minimum Gasteiger partial charge on any atom is -0.496 e. The average molecular weight is 614 g/mol. The number of aromatic nitrogens is 2. The molecule has 0 fully saturated rings. The fourth-order valence-electron chi connectivity index (χ4n) is 4.47. The fourth-order valence-corrected chi connectivity index (χ4v) is 5.21. The van der Waals surface area contributed by atoms with Crippen LogP contribution in [-0.4, -0.2) is 33.6 Å². The molecule has 0 saturated carbocycles. The zero-order chi connectivity index (χ0) is 28.4. The first-order valence-corrected chi connectivity index (χ1v) is 13.4. The Balaban J connectivity index is 1.67. The summed E-state index contributed by atoms with van der Waals surface area (Å²) in [6.45, 7) is 1.55. The lowest BCUT2D eigenvalue weighted by atomic mass is 9.93. The molecular formula is C31H22BrClN4O3. The second kappa shape index (κ2) is 11.3. The Morgan fingerprint density at radius 3 is 2.45 bits per heavy atom. The molecule has 2 heterocycles. The number of ether oxygens (including phenoxy) is 1. The number of rotatable bonds is 6. The smallest absolute Gasteiger partial charge is 0.271 e. The molecule has 1 aliphatic rings. The molecule has 5 rings (SSSR count). The summed E-state index contributed by atoms with van der Waals surface area (Å²) >= 11 is 9.86. The van der Waals surface area contributed by atoms with E-state index in [-0.39, 0.29) is 17.7 Å². The highest BCUT2D eigenvalue weighted by Crippen LogP contribution is 2.35. The van der Waals surface area contributed by atoms with Crippen LogP contribution in [0, 0.1) is 11.3 Å². The molecule has 1 aromatic heterocycles. The summed E-state index contributed by atoms with van der Waals surface area (Å²) in [5.74, 6) is -0.503. The molecule has 0 spiro atoms. The predicted molar refractivity (Wildman–Crippen MR) is 157 cm³/mol. The number of hydrogen-bond acceptors (Lipinski definition) is 5. The second-order valence-corrected chi connectivity index (χ2v) is 10.3. The highest BCUT2D eigenvalue weighted by Gasteiger charge is 2.36. The maximum absolute atomic E-state index is 13.8. The van der Waals surface area contributed by atoms with Crippen LogP contribution in [0.15, 0.2) is 100 Å². The molecular weight excluding hydrogens is 592 g/mol. The molecule has 4 aromatic rings. The molecule has 3 aromatic carbocycles. The first-order chi connectivity index (χ1) is 19.3. The van der Waals surface area contributed by atoms with Gasteiger partial charge >= 0.3 is 0 Å². The highest BCUT2D eigenvalue weighted by molar-refractivity contribution is 9.10. The molecule has 2 amide bonds. The van der Waals surface area contributed by atoms with Gasteiger partial charge in [0.05, 0.1) is 23.8 Å². The van der Waals surface area contributed by atoms with E-state index in [9.17, 15) is 14.9 Å². The van der Waals surface area contributed by atoms with E-state index >= 15 is 0 Å². The van der Waals surface area contributed by atoms with Crippen LogP contribution in [0.1, 0.15) is 18.1 Å². The van der Waals surface area contributed by atoms with E-state index in [1.165, 1.54) is 0 Å². The Kier molecular flexibility index (Phi) is 7.69. The second-order valence-electron chi connectivity index (χ2n) is 9.02. The third kappa shape index (κ3) is 5.09. The molecule has 0 bridgehead atoms. The van der Waals surface area contributed by atoms with E-state index in [4.69, 9.17) is 21.4 Å². The number of carbonyl (C=O) groups is 2. The van der Waals surface area contributed by atoms with Gasteiger partial charge in [0.2, 0.25) is 0 Å². The van der Waals surface area contributed by atoms with Gasteiger partial charge in [-0.05, 0) is 76.5 Å². The van der Waals surface area contributed by atoms with E-state index in [0.29, 0.717) is 33.2 Å². The van der Waals surface area contributed by atoms with E-state index in [1.54, 1.807) is 49.1 Å². The zero-order valence-corrected chi connectivity index (χ0v) is 23.9. The number of benzene rings is 3. The summed E-state index contributed by atoms with van der Waals surface area (Å²) in [6.07, 6.45) is 3.50. The number of nitriles is 1. The predicted octanol–water partition coefficient (Wildman–Crippen LogP) is 6.76.